The molecule has 2 rings (SSSR count). The van der Waals surface area contributed by atoms with Crippen molar-refractivity contribution in [2.75, 3.05) is 0 Å². The fraction of sp³-hybridized carbons (Fsp3) is 0. The van der Waals surface area contributed by atoms with Crippen molar-refractivity contribution in [2.45, 2.75) is 0 Å². The van der Waals surface area contributed by atoms with Gasteiger partial charge in [-0.1, -0.05) is 0 Å². The van der Waals surface area contributed by atoms with Gasteiger partial charge in [-0.05, 0) is 18.2 Å². The first kappa shape index (κ1) is 7.79. The maximum Gasteiger partial charge on any atom is 0.205 e. The first-order valence-corrected chi connectivity index (χ1v) is 3.61. The van der Waals surface area contributed by atoms with E-state index in [4.69, 9.17) is 0 Å². The molecule has 1 aromatic rings. The Bertz CT molecular complexity index is 437. The lowest BCUT2D eigenvalue weighted by Crippen LogP contribution is -2.13. The second-order valence-corrected chi connectivity index (χ2v) is 2.61. The summed E-state index contributed by atoms with van der Waals surface area (Å²) in [6, 6.07) is 1.02. The number of allylic oxidation sites excluding steroid dienone is 2. The van der Waals surface area contributed by atoms with Crippen LogP contribution < -0.4 is 0 Å². The van der Waals surface area contributed by atoms with E-state index in [1.807, 2.05) is 0 Å². The van der Waals surface area contributed by atoms with Crippen molar-refractivity contribution < 1.29 is 14.0 Å². The summed E-state index contributed by atoms with van der Waals surface area (Å²) in [5.41, 5.74) is 0.0569. The average molecular weight is 177 g/mol. The van der Waals surface area contributed by atoms with Crippen LogP contribution >= 0.6 is 0 Å². The molecule has 1 aromatic heterocycles. The van der Waals surface area contributed by atoms with Crippen LogP contribution in [0.2, 0.25) is 0 Å². The number of rotatable bonds is 0. The average Bonchev–Trinajstić information content (AvgIpc) is 2.12. The lowest BCUT2D eigenvalue weighted by atomic mass is 10.0. The van der Waals surface area contributed by atoms with E-state index in [-0.39, 0.29) is 22.8 Å². The Morgan fingerprint density at radius 3 is 2.62 bits per heavy atom. The fourth-order valence-corrected chi connectivity index (χ4v) is 1.14. The fourth-order valence-electron chi connectivity index (χ4n) is 1.14. The number of halogens is 1. The Morgan fingerprint density at radius 2 is 1.85 bits per heavy atom. The normalized spacial score (nSPS) is 14.5. The van der Waals surface area contributed by atoms with Gasteiger partial charge in [0.05, 0.1) is 11.8 Å². The van der Waals surface area contributed by atoms with Gasteiger partial charge in [0.25, 0.3) is 0 Å². The summed E-state index contributed by atoms with van der Waals surface area (Å²) in [5.74, 6) is -1.37. The minimum atomic E-state index is -0.616. The van der Waals surface area contributed by atoms with Crippen LogP contribution in [0, 0.1) is 5.82 Å². The van der Waals surface area contributed by atoms with Gasteiger partial charge in [0.2, 0.25) is 5.78 Å². The number of ketones is 2. The van der Waals surface area contributed by atoms with Crippen LogP contribution in [0.5, 0.6) is 0 Å². The number of hydrogen-bond donors (Lipinski definition) is 0. The zero-order valence-corrected chi connectivity index (χ0v) is 6.45. The second-order valence-electron chi connectivity index (χ2n) is 2.61. The number of carbonyl (C=O) groups is 2. The Kier molecular flexibility index (Phi) is 1.55. The molecule has 1 aliphatic carbocycles. The zero-order valence-electron chi connectivity index (χ0n) is 6.45. The molecule has 1 aliphatic rings. The van der Waals surface area contributed by atoms with Crippen LogP contribution in [0.15, 0.2) is 24.4 Å². The summed E-state index contributed by atoms with van der Waals surface area (Å²) in [7, 11) is 0. The molecule has 0 fully saturated rings. The van der Waals surface area contributed by atoms with Gasteiger partial charge in [-0.25, -0.2) is 9.37 Å². The van der Waals surface area contributed by atoms with Crippen molar-refractivity contribution in [3.63, 3.8) is 0 Å². The molecule has 0 aliphatic heterocycles. The van der Waals surface area contributed by atoms with Gasteiger partial charge >= 0.3 is 0 Å². The van der Waals surface area contributed by atoms with E-state index >= 15 is 0 Å². The van der Waals surface area contributed by atoms with E-state index in [0.29, 0.717) is 0 Å². The first-order valence-electron chi connectivity index (χ1n) is 3.61. The Morgan fingerprint density at radius 1 is 1.15 bits per heavy atom. The molecule has 0 aromatic carbocycles. The monoisotopic (exact) mass is 177 g/mol. The number of fused-ring (bicyclic) bond motifs is 1. The van der Waals surface area contributed by atoms with Gasteiger partial charge in [0, 0.05) is 0 Å². The van der Waals surface area contributed by atoms with Crippen LogP contribution in [-0.4, -0.2) is 16.6 Å². The van der Waals surface area contributed by atoms with E-state index in [1.54, 1.807) is 0 Å². The lowest BCUT2D eigenvalue weighted by Gasteiger charge is -2.06. The van der Waals surface area contributed by atoms with E-state index in [1.165, 1.54) is 0 Å². The van der Waals surface area contributed by atoms with Crippen molar-refractivity contribution in [3.05, 3.63) is 41.5 Å². The predicted octanol–water partition coefficient (Wildman–Crippen LogP) is 1.16. The Hall–Kier alpha value is -1.84. The smallest absolute Gasteiger partial charge is 0.205 e. The molecule has 4 heteroatoms. The minimum Gasteiger partial charge on any atom is -0.289 e. The summed E-state index contributed by atoms with van der Waals surface area (Å²) < 4.78 is 12.6. The quantitative estimate of drug-likeness (QED) is 0.597. The third-order valence-corrected chi connectivity index (χ3v) is 1.74. The van der Waals surface area contributed by atoms with Gasteiger partial charge in [-0.3, -0.25) is 9.59 Å². The predicted molar refractivity (Wildman–Crippen MR) is 42.0 cm³/mol. The summed E-state index contributed by atoms with van der Waals surface area (Å²) in [5, 5.41) is 0. The second kappa shape index (κ2) is 2.58. The van der Waals surface area contributed by atoms with Gasteiger partial charge in [-0.15, -0.1) is 0 Å². The van der Waals surface area contributed by atoms with Crippen molar-refractivity contribution in [1.29, 1.82) is 0 Å². The molecule has 13 heavy (non-hydrogen) atoms. The number of aromatic nitrogens is 1. The Balaban J connectivity index is 2.69. The highest BCUT2D eigenvalue weighted by Crippen LogP contribution is 2.14. The van der Waals surface area contributed by atoms with Crippen LogP contribution in [0.3, 0.4) is 0 Å². The SMILES string of the molecule is O=C1C=CC(=O)c2ncc(F)cc21. The highest BCUT2D eigenvalue weighted by Gasteiger charge is 2.20. The maximum atomic E-state index is 12.6. The highest BCUT2D eigenvalue weighted by atomic mass is 19.1. The molecule has 0 saturated heterocycles. The maximum absolute atomic E-state index is 12.6. The number of hydrogen-bond acceptors (Lipinski definition) is 3. The van der Waals surface area contributed by atoms with E-state index < -0.39 is 5.82 Å². The largest absolute Gasteiger partial charge is 0.289 e. The van der Waals surface area contributed by atoms with Crippen LogP contribution in [0.25, 0.3) is 0 Å². The molecule has 1 heterocycles. The standard InChI is InChI=1S/C9H4FNO2/c10-5-3-6-7(12)1-2-8(13)9(6)11-4-5/h1-4H. The van der Waals surface area contributed by atoms with Crippen molar-refractivity contribution in [2.24, 2.45) is 0 Å². The molecule has 0 amide bonds. The summed E-state index contributed by atoms with van der Waals surface area (Å²) in [6.07, 6.45) is 3.17. The first-order chi connectivity index (χ1) is 6.18. The molecule has 0 bridgehead atoms. The van der Waals surface area contributed by atoms with E-state index in [9.17, 15) is 14.0 Å². The van der Waals surface area contributed by atoms with E-state index in [0.717, 1.165) is 24.4 Å². The van der Waals surface area contributed by atoms with Crippen molar-refractivity contribution >= 4 is 11.6 Å². The third-order valence-electron chi connectivity index (χ3n) is 1.74. The molecule has 0 spiro atoms. The lowest BCUT2D eigenvalue weighted by molar-refractivity contribution is 0.0990. The topological polar surface area (TPSA) is 47.0 Å². The van der Waals surface area contributed by atoms with Gasteiger partial charge in [0.1, 0.15) is 11.5 Å². The number of nitrogens with zero attached hydrogens (tertiary/aromatic N) is 1. The summed E-state index contributed by atoms with van der Waals surface area (Å²) in [6.45, 7) is 0. The molecule has 0 atom stereocenters. The highest BCUT2D eigenvalue weighted by molar-refractivity contribution is 6.21. The van der Waals surface area contributed by atoms with Crippen LogP contribution in [0.4, 0.5) is 4.39 Å². The summed E-state index contributed by atoms with van der Waals surface area (Å²) >= 11 is 0. The molecule has 0 radical (unpaired) electrons. The van der Waals surface area contributed by atoms with Crippen LogP contribution in [-0.2, 0) is 0 Å². The molecule has 0 saturated carbocycles. The number of carbonyl (C=O) groups excluding carboxylic acids is 2. The van der Waals surface area contributed by atoms with Gasteiger partial charge in [0.15, 0.2) is 5.78 Å². The summed E-state index contributed by atoms with van der Waals surface area (Å²) in [4.78, 5) is 25.8. The van der Waals surface area contributed by atoms with Gasteiger partial charge < -0.3 is 0 Å². The molecule has 3 nitrogen and oxygen atoms in total. The molecule has 0 unspecified atom stereocenters. The third kappa shape index (κ3) is 1.16. The zero-order chi connectivity index (χ0) is 9.42. The van der Waals surface area contributed by atoms with Gasteiger partial charge in [-0.2, -0.15) is 0 Å². The molecular weight excluding hydrogens is 173 g/mol. The Labute approximate surface area is 72.9 Å². The minimum absolute atomic E-state index is 0.0221. The van der Waals surface area contributed by atoms with Crippen molar-refractivity contribution in [3.8, 4) is 0 Å². The molecule has 0 N–H and O–H groups in total. The van der Waals surface area contributed by atoms with Crippen LogP contribution in [0.1, 0.15) is 20.8 Å². The molecular formula is C9H4FNO2. The van der Waals surface area contributed by atoms with E-state index in [2.05, 4.69) is 4.98 Å². The van der Waals surface area contributed by atoms with Crippen molar-refractivity contribution in [1.82, 2.24) is 4.98 Å². The molecule has 64 valence electrons. The number of pyridine rings is 1.